The standard InChI is InChI=1S/C19H32N4O2/c1-4-23-11-7-8-16(23)13-22-19(20)21-12-15(2)14-25-18-10-6-5-9-17(18)24-3/h5-6,9-10,15-16H,4,7-8,11-14H2,1-3H3,(H3,20,21,22). The van der Waals surface area contributed by atoms with Crippen molar-refractivity contribution in [2.24, 2.45) is 16.6 Å². The van der Waals surface area contributed by atoms with Crippen LogP contribution in [-0.2, 0) is 0 Å². The fraction of sp³-hybridized carbons (Fsp3) is 0.632. The molecule has 1 fully saturated rings. The minimum atomic E-state index is 0.267. The van der Waals surface area contributed by atoms with Crippen molar-refractivity contribution in [2.45, 2.75) is 32.7 Å². The molecule has 1 aromatic carbocycles. The number of benzene rings is 1. The van der Waals surface area contributed by atoms with Crippen LogP contribution in [0.25, 0.3) is 0 Å². The van der Waals surface area contributed by atoms with E-state index in [9.17, 15) is 0 Å². The minimum absolute atomic E-state index is 0.267. The van der Waals surface area contributed by atoms with E-state index in [1.54, 1.807) is 7.11 Å². The smallest absolute Gasteiger partial charge is 0.188 e. The summed E-state index contributed by atoms with van der Waals surface area (Å²) in [7, 11) is 1.65. The Balaban J connectivity index is 1.70. The van der Waals surface area contributed by atoms with Gasteiger partial charge in [-0.05, 0) is 38.1 Å². The van der Waals surface area contributed by atoms with Gasteiger partial charge >= 0.3 is 0 Å². The summed E-state index contributed by atoms with van der Waals surface area (Å²) in [5.41, 5.74) is 6.00. The summed E-state index contributed by atoms with van der Waals surface area (Å²) in [4.78, 5) is 6.93. The van der Waals surface area contributed by atoms with Gasteiger partial charge in [-0.15, -0.1) is 0 Å². The van der Waals surface area contributed by atoms with Crippen LogP contribution in [0.5, 0.6) is 11.5 Å². The minimum Gasteiger partial charge on any atom is -0.493 e. The van der Waals surface area contributed by atoms with Gasteiger partial charge in [0.2, 0.25) is 0 Å². The molecule has 1 aliphatic rings. The van der Waals surface area contributed by atoms with Crippen molar-refractivity contribution in [3.63, 3.8) is 0 Å². The van der Waals surface area contributed by atoms with Crippen molar-refractivity contribution in [1.29, 1.82) is 0 Å². The SMILES string of the molecule is CCN1CCCC1CNC(N)=NCC(C)COc1ccccc1OC. The molecule has 1 aromatic rings. The lowest BCUT2D eigenvalue weighted by molar-refractivity contribution is 0.251. The predicted molar refractivity (Wildman–Crippen MR) is 102 cm³/mol. The van der Waals surface area contributed by atoms with Crippen LogP contribution in [0, 0.1) is 5.92 Å². The number of likely N-dealkylation sites (N-methyl/N-ethyl adjacent to an activating group) is 1. The number of hydrogen-bond donors (Lipinski definition) is 2. The van der Waals surface area contributed by atoms with Crippen molar-refractivity contribution in [3.8, 4) is 11.5 Å². The summed E-state index contributed by atoms with van der Waals surface area (Å²) in [5, 5.41) is 3.26. The summed E-state index contributed by atoms with van der Waals surface area (Å²) in [6, 6.07) is 8.24. The second-order valence-corrected chi connectivity index (χ2v) is 6.60. The highest BCUT2D eigenvalue weighted by molar-refractivity contribution is 5.77. The highest BCUT2D eigenvalue weighted by atomic mass is 16.5. The fourth-order valence-corrected chi connectivity index (χ4v) is 3.10. The van der Waals surface area contributed by atoms with Crippen molar-refractivity contribution in [2.75, 3.05) is 39.9 Å². The molecule has 1 heterocycles. The number of rotatable bonds is 9. The average Bonchev–Trinajstić information content (AvgIpc) is 3.10. The maximum absolute atomic E-state index is 6.00. The molecular weight excluding hydrogens is 316 g/mol. The zero-order valence-corrected chi connectivity index (χ0v) is 15.7. The van der Waals surface area contributed by atoms with E-state index in [1.807, 2.05) is 24.3 Å². The molecule has 2 unspecified atom stereocenters. The Morgan fingerprint density at radius 3 is 2.88 bits per heavy atom. The van der Waals surface area contributed by atoms with Crippen LogP contribution in [0.15, 0.2) is 29.3 Å². The van der Waals surface area contributed by atoms with Gasteiger partial charge in [-0.2, -0.15) is 0 Å². The lowest BCUT2D eigenvalue weighted by Crippen LogP contribution is -2.42. The molecule has 25 heavy (non-hydrogen) atoms. The zero-order valence-electron chi connectivity index (χ0n) is 15.7. The molecule has 3 N–H and O–H groups in total. The Kier molecular flexibility index (Phi) is 7.85. The van der Waals surface area contributed by atoms with Crippen molar-refractivity contribution >= 4 is 5.96 Å². The second-order valence-electron chi connectivity index (χ2n) is 6.60. The van der Waals surface area contributed by atoms with Crippen LogP contribution in [0.2, 0.25) is 0 Å². The molecule has 140 valence electrons. The van der Waals surface area contributed by atoms with Crippen molar-refractivity contribution in [3.05, 3.63) is 24.3 Å². The highest BCUT2D eigenvalue weighted by Gasteiger charge is 2.22. The number of methoxy groups -OCH3 is 1. The monoisotopic (exact) mass is 348 g/mol. The first-order valence-corrected chi connectivity index (χ1v) is 9.17. The average molecular weight is 348 g/mol. The lowest BCUT2D eigenvalue weighted by Gasteiger charge is -2.23. The van der Waals surface area contributed by atoms with E-state index in [0.29, 0.717) is 25.2 Å². The van der Waals surface area contributed by atoms with E-state index in [0.717, 1.165) is 24.6 Å². The Morgan fingerprint density at radius 2 is 2.16 bits per heavy atom. The largest absolute Gasteiger partial charge is 0.493 e. The molecule has 6 nitrogen and oxygen atoms in total. The molecule has 0 spiro atoms. The maximum atomic E-state index is 6.00. The second kappa shape index (κ2) is 10.1. The molecular formula is C19H32N4O2. The first kappa shape index (κ1) is 19.4. The van der Waals surface area contributed by atoms with Crippen LogP contribution >= 0.6 is 0 Å². The van der Waals surface area contributed by atoms with Crippen LogP contribution in [0.1, 0.15) is 26.7 Å². The first-order chi connectivity index (χ1) is 12.1. The molecule has 0 radical (unpaired) electrons. The van der Waals surface area contributed by atoms with E-state index in [4.69, 9.17) is 15.2 Å². The maximum Gasteiger partial charge on any atom is 0.188 e. The summed E-state index contributed by atoms with van der Waals surface area (Å²) < 4.78 is 11.1. The van der Waals surface area contributed by atoms with E-state index in [1.165, 1.54) is 19.4 Å². The van der Waals surface area contributed by atoms with Crippen LogP contribution in [0.4, 0.5) is 0 Å². The normalized spacial score (nSPS) is 19.6. The third kappa shape index (κ3) is 6.12. The summed E-state index contributed by atoms with van der Waals surface area (Å²) >= 11 is 0. The molecule has 0 amide bonds. The summed E-state index contributed by atoms with van der Waals surface area (Å²) in [6.45, 7) is 8.67. The van der Waals surface area contributed by atoms with E-state index in [2.05, 4.69) is 29.1 Å². The highest BCUT2D eigenvalue weighted by Crippen LogP contribution is 2.26. The molecule has 0 aromatic heterocycles. The molecule has 1 saturated heterocycles. The number of ether oxygens (including phenoxy) is 2. The van der Waals surface area contributed by atoms with Gasteiger partial charge in [0.05, 0.1) is 13.7 Å². The van der Waals surface area contributed by atoms with Crippen molar-refractivity contribution < 1.29 is 9.47 Å². The molecule has 0 aliphatic carbocycles. The molecule has 2 rings (SSSR count). The number of aliphatic imine (C=N–C) groups is 1. The van der Waals surface area contributed by atoms with E-state index in [-0.39, 0.29) is 5.92 Å². The van der Waals surface area contributed by atoms with Gasteiger partial charge in [-0.3, -0.25) is 9.89 Å². The molecule has 1 aliphatic heterocycles. The van der Waals surface area contributed by atoms with Crippen LogP contribution < -0.4 is 20.5 Å². The Morgan fingerprint density at radius 1 is 1.40 bits per heavy atom. The third-order valence-electron chi connectivity index (χ3n) is 4.59. The van der Waals surface area contributed by atoms with Gasteiger partial charge in [-0.25, -0.2) is 0 Å². The number of hydrogen-bond acceptors (Lipinski definition) is 4. The predicted octanol–water partition coefficient (Wildman–Crippen LogP) is 2.10. The molecule has 0 saturated carbocycles. The number of nitrogens with one attached hydrogen (secondary N) is 1. The number of nitrogens with two attached hydrogens (primary N) is 1. The quantitative estimate of drug-likeness (QED) is 0.528. The Labute approximate surface area is 151 Å². The fourth-order valence-electron chi connectivity index (χ4n) is 3.10. The van der Waals surface area contributed by atoms with Gasteiger partial charge in [0.25, 0.3) is 0 Å². The number of guanidine groups is 1. The first-order valence-electron chi connectivity index (χ1n) is 9.17. The molecule has 2 atom stereocenters. The topological polar surface area (TPSA) is 72.1 Å². The summed E-state index contributed by atoms with van der Waals surface area (Å²) in [6.07, 6.45) is 2.51. The van der Waals surface area contributed by atoms with E-state index >= 15 is 0 Å². The zero-order chi connectivity index (χ0) is 18.1. The third-order valence-corrected chi connectivity index (χ3v) is 4.59. The lowest BCUT2D eigenvalue weighted by atomic mass is 10.2. The number of likely N-dealkylation sites (tertiary alicyclic amines) is 1. The van der Waals surface area contributed by atoms with Gasteiger partial charge < -0.3 is 20.5 Å². The van der Waals surface area contributed by atoms with Gasteiger partial charge in [0.15, 0.2) is 17.5 Å². The van der Waals surface area contributed by atoms with Gasteiger partial charge in [-0.1, -0.05) is 26.0 Å². The Hall–Kier alpha value is -1.95. The molecule has 0 bridgehead atoms. The van der Waals surface area contributed by atoms with Crippen molar-refractivity contribution in [1.82, 2.24) is 10.2 Å². The molecule has 6 heteroatoms. The van der Waals surface area contributed by atoms with Crippen LogP contribution in [-0.4, -0.2) is 56.8 Å². The summed E-state index contributed by atoms with van der Waals surface area (Å²) in [5.74, 6) is 2.29. The van der Waals surface area contributed by atoms with Crippen LogP contribution in [0.3, 0.4) is 0 Å². The van der Waals surface area contributed by atoms with Gasteiger partial charge in [0, 0.05) is 25.0 Å². The van der Waals surface area contributed by atoms with E-state index < -0.39 is 0 Å². The Bertz CT molecular complexity index is 550. The number of para-hydroxylation sites is 2. The number of nitrogens with zero attached hydrogens (tertiary/aromatic N) is 2. The van der Waals surface area contributed by atoms with Gasteiger partial charge in [0.1, 0.15) is 0 Å².